The largest absolute Gasteiger partial charge is 0.0958 e. The molecule has 9 heavy (non-hydrogen) atoms. The van der Waals surface area contributed by atoms with Gasteiger partial charge in [0.05, 0.1) is 0 Å². The highest BCUT2D eigenvalue weighted by atomic mass is 14.2. The van der Waals surface area contributed by atoms with Crippen LogP contribution in [0.5, 0.6) is 0 Å². The molecular weight excluding hydrogens is 108 g/mol. The van der Waals surface area contributed by atoms with E-state index in [0.717, 1.165) is 0 Å². The highest BCUT2D eigenvalue weighted by Gasteiger charge is 2.16. The normalized spacial score (nSPS) is 24.4. The van der Waals surface area contributed by atoms with Crippen molar-refractivity contribution in [3.8, 4) is 0 Å². The molecule has 0 aromatic carbocycles. The second kappa shape index (κ2) is 2.02. The fraction of sp³-hybridized carbons (Fsp3) is 0.556. The molecule has 1 aliphatic rings. The zero-order chi connectivity index (χ0) is 6.91. The molecule has 0 aliphatic heterocycles. The van der Waals surface area contributed by atoms with E-state index in [1.165, 1.54) is 18.4 Å². The first-order chi connectivity index (χ1) is 4.10. The molecule has 0 atom stereocenters. The van der Waals surface area contributed by atoms with Crippen LogP contribution < -0.4 is 0 Å². The molecule has 1 rings (SSSR count). The molecule has 1 aliphatic carbocycles. The molecule has 0 saturated carbocycles. The van der Waals surface area contributed by atoms with Crippen LogP contribution in [0.2, 0.25) is 0 Å². The minimum Gasteiger partial charge on any atom is -0.0958 e. The third-order valence-electron chi connectivity index (χ3n) is 1.86. The van der Waals surface area contributed by atoms with Crippen LogP contribution >= 0.6 is 0 Å². The van der Waals surface area contributed by atoms with Gasteiger partial charge < -0.3 is 0 Å². The Hall–Kier alpha value is -0.520. The Morgan fingerprint density at radius 3 is 2.56 bits per heavy atom. The molecule has 0 fully saturated rings. The van der Waals surface area contributed by atoms with Crippen LogP contribution in [0.15, 0.2) is 24.3 Å². The Labute approximate surface area is 57.3 Å². The average Bonchev–Trinajstić information content (AvgIpc) is 1.78. The van der Waals surface area contributed by atoms with Gasteiger partial charge in [-0.05, 0) is 18.3 Å². The lowest BCUT2D eigenvalue weighted by atomic mass is 9.82. The Morgan fingerprint density at radius 1 is 1.56 bits per heavy atom. The highest BCUT2D eigenvalue weighted by Crippen LogP contribution is 2.30. The summed E-state index contributed by atoms with van der Waals surface area (Å²) in [6.45, 7) is 8.41. The Kier molecular flexibility index (Phi) is 1.48. The minimum absolute atomic E-state index is 0.418. The van der Waals surface area contributed by atoms with Gasteiger partial charge in [0.15, 0.2) is 0 Å². The van der Waals surface area contributed by atoms with Crippen LogP contribution in [0.3, 0.4) is 0 Å². The van der Waals surface area contributed by atoms with Crippen molar-refractivity contribution in [1.82, 2.24) is 0 Å². The van der Waals surface area contributed by atoms with Crippen molar-refractivity contribution in [3.63, 3.8) is 0 Å². The van der Waals surface area contributed by atoms with Gasteiger partial charge in [-0.1, -0.05) is 38.2 Å². The molecule has 0 amide bonds. The average molecular weight is 122 g/mol. The number of hydrogen-bond acceptors (Lipinski definition) is 0. The molecule has 0 nitrogen and oxygen atoms in total. The topological polar surface area (TPSA) is 0 Å². The molecule has 0 aromatic heterocycles. The van der Waals surface area contributed by atoms with Gasteiger partial charge in [-0.25, -0.2) is 0 Å². The summed E-state index contributed by atoms with van der Waals surface area (Å²) in [7, 11) is 0. The van der Waals surface area contributed by atoms with E-state index in [9.17, 15) is 0 Å². The number of hydrogen-bond donors (Lipinski definition) is 0. The highest BCUT2D eigenvalue weighted by molar-refractivity contribution is 5.20. The van der Waals surface area contributed by atoms with Gasteiger partial charge in [0.25, 0.3) is 0 Å². The summed E-state index contributed by atoms with van der Waals surface area (Å²) in [6.07, 6.45) is 6.81. The molecule has 0 heteroatoms. The van der Waals surface area contributed by atoms with Crippen LogP contribution in [-0.2, 0) is 0 Å². The second-order valence-corrected chi connectivity index (χ2v) is 3.48. The third kappa shape index (κ3) is 1.70. The predicted molar refractivity (Wildman–Crippen MR) is 41.3 cm³/mol. The van der Waals surface area contributed by atoms with Crippen LogP contribution in [-0.4, -0.2) is 0 Å². The van der Waals surface area contributed by atoms with Crippen molar-refractivity contribution >= 4 is 0 Å². The van der Waals surface area contributed by atoms with Gasteiger partial charge in [0, 0.05) is 0 Å². The molecule has 0 aromatic rings. The summed E-state index contributed by atoms with van der Waals surface area (Å²) >= 11 is 0. The quantitative estimate of drug-likeness (QED) is 0.463. The zero-order valence-corrected chi connectivity index (χ0v) is 6.28. The maximum absolute atomic E-state index is 3.89. The summed E-state index contributed by atoms with van der Waals surface area (Å²) in [5.74, 6) is 0. The summed E-state index contributed by atoms with van der Waals surface area (Å²) < 4.78 is 0. The zero-order valence-electron chi connectivity index (χ0n) is 6.28. The fourth-order valence-corrected chi connectivity index (χ4v) is 0.993. The summed E-state index contributed by atoms with van der Waals surface area (Å²) in [5.41, 5.74) is 1.69. The van der Waals surface area contributed by atoms with E-state index in [1.807, 2.05) is 0 Å². The number of allylic oxidation sites excluding steroid dienone is 3. The fourth-order valence-electron chi connectivity index (χ4n) is 0.993. The van der Waals surface area contributed by atoms with E-state index in [1.54, 1.807) is 0 Å². The van der Waals surface area contributed by atoms with Gasteiger partial charge in [-0.3, -0.25) is 0 Å². The maximum atomic E-state index is 3.89. The maximum Gasteiger partial charge on any atom is -0.0168 e. The van der Waals surface area contributed by atoms with Crippen molar-refractivity contribution in [3.05, 3.63) is 24.3 Å². The molecule has 0 saturated heterocycles. The molecule has 0 heterocycles. The van der Waals surface area contributed by atoms with Crippen LogP contribution in [0.1, 0.15) is 26.7 Å². The van der Waals surface area contributed by atoms with Gasteiger partial charge >= 0.3 is 0 Å². The summed E-state index contributed by atoms with van der Waals surface area (Å²) in [5, 5.41) is 0. The molecule has 0 unspecified atom stereocenters. The molecule has 0 N–H and O–H groups in total. The predicted octanol–water partition coefficient (Wildman–Crippen LogP) is 2.92. The summed E-state index contributed by atoms with van der Waals surface area (Å²) in [6, 6.07) is 0. The van der Waals surface area contributed by atoms with Crippen molar-refractivity contribution in [2.24, 2.45) is 5.41 Å². The van der Waals surface area contributed by atoms with Crippen molar-refractivity contribution in [2.45, 2.75) is 26.7 Å². The first-order valence-corrected chi connectivity index (χ1v) is 3.47. The van der Waals surface area contributed by atoms with Crippen LogP contribution in [0, 0.1) is 5.41 Å². The van der Waals surface area contributed by atoms with Crippen LogP contribution in [0.25, 0.3) is 0 Å². The van der Waals surface area contributed by atoms with Gasteiger partial charge in [0.2, 0.25) is 0 Å². The van der Waals surface area contributed by atoms with Gasteiger partial charge in [-0.15, -0.1) is 0 Å². The van der Waals surface area contributed by atoms with E-state index in [4.69, 9.17) is 0 Å². The van der Waals surface area contributed by atoms with Gasteiger partial charge in [-0.2, -0.15) is 0 Å². The summed E-state index contributed by atoms with van der Waals surface area (Å²) in [4.78, 5) is 0. The second-order valence-electron chi connectivity index (χ2n) is 3.48. The Bertz CT molecular complexity index is 149. The van der Waals surface area contributed by atoms with E-state index in [0.29, 0.717) is 5.41 Å². The van der Waals surface area contributed by atoms with Crippen molar-refractivity contribution in [2.75, 3.05) is 0 Å². The molecule has 0 radical (unpaired) electrons. The first kappa shape index (κ1) is 6.60. The van der Waals surface area contributed by atoms with Crippen molar-refractivity contribution in [1.29, 1.82) is 0 Å². The molecular formula is C9H14. The molecule has 0 spiro atoms. The van der Waals surface area contributed by atoms with Crippen molar-refractivity contribution < 1.29 is 0 Å². The van der Waals surface area contributed by atoms with E-state index in [-0.39, 0.29) is 0 Å². The SMILES string of the molecule is C=C1C=CC(C)(C)CC1. The molecule has 50 valence electrons. The Morgan fingerprint density at radius 2 is 2.22 bits per heavy atom. The number of rotatable bonds is 0. The third-order valence-corrected chi connectivity index (χ3v) is 1.86. The Balaban J connectivity index is 2.69. The van der Waals surface area contributed by atoms with E-state index in [2.05, 4.69) is 32.6 Å². The lowest BCUT2D eigenvalue weighted by Crippen LogP contribution is -2.10. The monoisotopic (exact) mass is 122 g/mol. The minimum atomic E-state index is 0.418. The lowest BCUT2D eigenvalue weighted by Gasteiger charge is -2.24. The van der Waals surface area contributed by atoms with E-state index < -0.39 is 0 Å². The lowest BCUT2D eigenvalue weighted by molar-refractivity contribution is 0.428. The smallest absolute Gasteiger partial charge is 0.0168 e. The van der Waals surface area contributed by atoms with E-state index >= 15 is 0 Å². The van der Waals surface area contributed by atoms with Gasteiger partial charge in [0.1, 0.15) is 0 Å². The molecule has 0 bridgehead atoms. The standard InChI is InChI=1S/C9H14/c1-8-4-6-9(2,3)7-5-8/h4,6H,1,5,7H2,2-3H3. The van der Waals surface area contributed by atoms with Crippen LogP contribution in [0.4, 0.5) is 0 Å². The first-order valence-electron chi connectivity index (χ1n) is 3.47.